The molecule has 1 aliphatic carbocycles. The van der Waals surface area contributed by atoms with Gasteiger partial charge in [-0.05, 0) is 37.3 Å². The van der Waals surface area contributed by atoms with Gasteiger partial charge in [0.1, 0.15) is 12.4 Å². The maximum atomic E-state index is 12.2. The third-order valence-electron chi connectivity index (χ3n) is 4.50. The molecule has 2 N–H and O–H groups in total. The second kappa shape index (κ2) is 8.23. The van der Waals surface area contributed by atoms with Crippen molar-refractivity contribution in [1.82, 2.24) is 15.5 Å². The average Bonchev–Trinajstić information content (AvgIpc) is 3.43. The van der Waals surface area contributed by atoms with Gasteiger partial charge in [0, 0.05) is 24.6 Å². The van der Waals surface area contributed by atoms with Crippen LogP contribution < -0.4 is 15.4 Å². The zero-order chi connectivity index (χ0) is 17.6. The summed E-state index contributed by atoms with van der Waals surface area (Å²) in [6.45, 7) is 4.32. The van der Waals surface area contributed by atoms with Gasteiger partial charge < -0.3 is 20.3 Å². The summed E-state index contributed by atoms with van der Waals surface area (Å²) in [6, 6.07) is 6.38. The number of carbonyl (C=O) groups excluding carboxylic acids is 2. The summed E-state index contributed by atoms with van der Waals surface area (Å²) >= 11 is 0. The number of hydrogen-bond acceptors (Lipinski definition) is 3. The van der Waals surface area contributed by atoms with E-state index in [-0.39, 0.29) is 11.9 Å². The quantitative estimate of drug-likeness (QED) is 0.830. The van der Waals surface area contributed by atoms with Crippen LogP contribution in [0, 0.1) is 0 Å². The van der Waals surface area contributed by atoms with Gasteiger partial charge in [0.05, 0.1) is 13.1 Å². The molecule has 0 unspecified atom stereocenters. The SMILES string of the molecule is CCCNC(=O)N1CCOc2ccc(CCC(=O)NC3CC3)cc2C1. The Labute approximate surface area is 148 Å². The highest BCUT2D eigenvalue weighted by molar-refractivity contribution is 5.77. The number of nitrogens with zero attached hydrogens (tertiary/aromatic N) is 1. The molecule has 1 fully saturated rings. The van der Waals surface area contributed by atoms with Crippen molar-refractivity contribution in [3.63, 3.8) is 0 Å². The maximum Gasteiger partial charge on any atom is 0.317 e. The van der Waals surface area contributed by atoms with Crippen molar-refractivity contribution in [2.45, 2.75) is 51.6 Å². The maximum absolute atomic E-state index is 12.2. The van der Waals surface area contributed by atoms with E-state index in [0.29, 0.717) is 45.1 Å². The number of aryl methyl sites for hydroxylation is 1. The third-order valence-corrected chi connectivity index (χ3v) is 4.50. The Hall–Kier alpha value is -2.24. The van der Waals surface area contributed by atoms with Gasteiger partial charge >= 0.3 is 6.03 Å². The average molecular weight is 345 g/mol. The van der Waals surface area contributed by atoms with Gasteiger partial charge in [-0.3, -0.25) is 4.79 Å². The lowest BCUT2D eigenvalue weighted by Gasteiger charge is -2.20. The minimum atomic E-state index is -0.0486. The Bertz CT molecular complexity index is 628. The van der Waals surface area contributed by atoms with E-state index in [9.17, 15) is 9.59 Å². The van der Waals surface area contributed by atoms with Crippen LogP contribution in [0.3, 0.4) is 0 Å². The van der Waals surface area contributed by atoms with Crippen molar-refractivity contribution in [3.8, 4) is 5.75 Å². The first-order valence-electron chi connectivity index (χ1n) is 9.22. The Balaban J connectivity index is 1.60. The van der Waals surface area contributed by atoms with Gasteiger partial charge in [0.15, 0.2) is 0 Å². The molecule has 1 aromatic carbocycles. The summed E-state index contributed by atoms with van der Waals surface area (Å²) in [7, 11) is 0. The summed E-state index contributed by atoms with van der Waals surface area (Å²) in [4.78, 5) is 25.9. The fourth-order valence-corrected chi connectivity index (χ4v) is 2.91. The molecule has 0 saturated heterocycles. The first-order valence-corrected chi connectivity index (χ1v) is 9.22. The summed E-state index contributed by atoms with van der Waals surface area (Å²) in [5.74, 6) is 0.950. The Kier molecular flexibility index (Phi) is 5.79. The van der Waals surface area contributed by atoms with Crippen LogP contribution in [0.1, 0.15) is 43.7 Å². The molecule has 1 aromatic rings. The van der Waals surface area contributed by atoms with Crippen LogP contribution in [0.2, 0.25) is 0 Å². The second-order valence-corrected chi connectivity index (χ2v) is 6.79. The van der Waals surface area contributed by atoms with E-state index in [4.69, 9.17) is 4.74 Å². The van der Waals surface area contributed by atoms with Crippen LogP contribution in [0.5, 0.6) is 5.75 Å². The standard InChI is InChI=1S/C19H27N3O3/c1-2-9-20-19(24)22-10-11-25-17-7-3-14(12-15(17)13-22)4-8-18(23)21-16-5-6-16/h3,7,12,16H,2,4-6,8-11,13H2,1H3,(H,20,24)(H,21,23). The molecule has 1 heterocycles. The summed E-state index contributed by atoms with van der Waals surface area (Å²) in [5, 5.41) is 5.93. The monoisotopic (exact) mass is 345 g/mol. The highest BCUT2D eigenvalue weighted by Gasteiger charge is 2.23. The lowest BCUT2D eigenvalue weighted by molar-refractivity contribution is -0.121. The summed E-state index contributed by atoms with van der Waals surface area (Å²) in [6.07, 6.45) is 4.33. The number of nitrogens with one attached hydrogen (secondary N) is 2. The highest BCUT2D eigenvalue weighted by atomic mass is 16.5. The molecule has 0 radical (unpaired) electrons. The highest BCUT2D eigenvalue weighted by Crippen LogP contribution is 2.25. The van der Waals surface area contributed by atoms with E-state index >= 15 is 0 Å². The van der Waals surface area contributed by atoms with Crippen LogP contribution in [0.4, 0.5) is 4.79 Å². The number of urea groups is 1. The predicted octanol–water partition coefficient (Wildman–Crippen LogP) is 2.21. The molecule has 1 saturated carbocycles. The first kappa shape index (κ1) is 17.6. The van der Waals surface area contributed by atoms with Crippen molar-refractivity contribution in [3.05, 3.63) is 29.3 Å². The normalized spacial score (nSPS) is 16.4. The number of fused-ring (bicyclic) bond motifs is 1. The number of benzene rings is 1. The van der Waals surface area contributed by atoms with Gasteiger partial charge in [-0.15, -0.1) is 0 Å². The van der Waals surface area contributed by atoms with E-state index in [1.807, 2.05) is 19.1 Å². The first-order chi connectivity index (χ1) is 12.2. The molecule has 0 atom stereocenters. The lowest BCUT2D eigenvalue weighted by Crippen LogP contribution is -2.40. The molecule has 2 aliphatic rings. The van der Waals surface area contributed by atoms with Crippen LogP contribution in [0.25, 0.3) is 0 Å². The molecule has 0 spiro atoms. The molecular weight excluding hydrogens is 318 g/mol. The van der Waals surface area contributed by atoms with E-state index in [1.165, 1.54) is 0 Å². The molecule has 0 bridgehead atoms. The minimum Gasteiger partial charge on any atom is -0.491 e. The Morgan fingerprint density at radius 1 is 1.32 bits per heavy atom. The number of amides is 3. The Morgan fingerprint density at radius 2 is 2.16 bits per heavy atom. The molecule has 1 aliphatic heterocycles. The van der Waals surface area contributed by atoms with Crippen molar-refractivity contribution in [2.75, 3.05) is 19.7 Å². The number of hydrogen-bond donors (Lipinski definition) is 2. The van der Waals surface area contributed by atoms with Crippen molar-refractivity contribution in [2.24, 2.45) is 0 Å². The summed E-state index contributed by atoms with van der Waals surface area (Å²) < 4.78 is 5.77. The van der Waals surface area contributed by atoms with E-state index in [0.717, 1.165) is 36.1 Å². The van der Waals surface area contributed by atoms with Gasteiger partial charge in [0.25, 0.3) is 0 Å². The molecule has 3 rings (SSSR count). The summed E-state index contributed by atoms with van der Waals surface area (Å²) in [5.41, 5.74) is 2.10. The van der Waals surface area contributed by atoms with Gasteiger partial charge in [-0.2, -0.15) is 0 Å². The molecule has 6 nitrogen and oxygen atoms in total. The topological polar surface area (TPSA) is 70.7 Å². The minimum absolute atomic E-state index is 0.0486. The predicted molar refractivity (Wildman–Crippen MR) is 95.5 cm³/mol. The largest absolute Gasteiger partial charge is 0.491 e. The zero-order valence-corrected chi connectivity index (χ0v) is 14.8. The zero-order valence-electron chi connectivity index (χ0n) is 14.8. The lowest BCUT2D eigenvalue weighted by atomic mass is 10.0. The number of rotatable bonds is 6. The molecule has 6 heteroatoms. The van der Waals surface area contributed by atoms with E-state index < -0.39 is 0 Å². The van der Waals surface area contributed by atoms with Gasteiger partial charge in [-0.1, -0.05) is 19.1 Å². The van der Waals surface area contributed by atoms with Crippen molar-refractivity contribution in [1.29, 1.82) is 0 Å². The van der Waals surface area contributed by atoms with Crippen LogP contribution in [-0.2, 0) is 17.8 Å². The van der Waals surface area contributed by atoms with Crippen molar-refractivity contribution >= 4 is 11.9 Å². The van der Waals surface area contributed by atoms with E-state index in [2.05, 4.69) is 16.7 Å². The third kappa shape index (κ3) is 5.11. The van der Waals surface area contributed by atoms with Crippen molar-refractivity contribution < 1.29 is 14.3 Å². The second-order valence-electron chi connectivity index (χ2n) is 6.79. The van der Waals surface area contributed by atoms with Crippen LogP contribution in [0.15, 0.2) is 18.2 Å². The van der Waals surface area contributed by atoms with Gasteiger partial charge in [0.2, 0.25) is 5.91 Å². The van der Waals surface area contributed by atoms with Gasteiger partial charge in [-0.25, -0.2) is 4.79 Å². The molecule has 3 amide bonds. The fraction of sp³-hybridized carbons (Fsp3) is 0.579. The fourth-order valence-electron chi connectivity index (χ4n) is 2.91. The number of ether oxygens (including phenoxy) is 1. The molecule has 25 heavy (non-hydrogen) atoms. The number of carbonyl (C=O) groups is 2. The smallest absolute Gasteiger partial charge is 0.317 e. The van der Waals surface area contributed by atoms with Crippen LogP contribution >= 0.6 is 0 Å². The van der Waals surface area contributed by atoms with E-state index in [1.54, 1.807) is 4.90 Å². The Morgan fingerprint density at radius 3 is 2.92 bits per heavy atom. The molecule has 136 valence electrons. The van der Waals surface area contributed by atoms with Crippen LogP contribution in [-0.4, -0.2) is 42.6 Å². The molecule has 0 aromatic heterocycles. The molecular formula is C19H27N3O3.